The van der Waals surface area contributed by atoms with Crippen LogP contribution in [0.2, 0.25) is 5.02 Å². The van der Waals surface area contributed by atoms with Crippen LogP contribution in [0, 0.1) is 0 Å². The summed E-state index contributed by atoms with van der Waals surface area (Å²) in [4.78, 5) is 0.284. The minimum Gasteiger partial charge on any atom is -0.393 e. The zero-order chi connectivity index (χ0) is 22.6. The van der Waals surface area contributed by atoms with Crippen LogP contribution < -0.4 is 5.32 Å². The largest absolute Gasteiger partial charge is 0.393 e. The molecule has 2 aromatic carbocycles. The van der Waals surface area contributed by atoms with E-state index in [0.29, 0.717) is 17.4 Å². The zero-order valence-corrected chi connectivity index (χ0v) is 20.1. The van der Waals surface area contributed by atoms with E-state index >= 15 is 0 Å². The molecule has 170 valence electrons. The van der Waals surface area contributed by atoms with Crippen molar-refractivity contribution in [2.24, 2.45) is 0 Å². The molecule has 0 radical (unpaired) electrons. The summed E-state index contributed by atoms with van der Waals surface area (Å²) in [6.45, 7) is 2.59. The lowest BCUT2D eigenvalue weighted by Gasteiger charge is -2.35. The second kappa shape index (κ2) is 10.5. The summed E-state index contributed by atoms with van der Waals surface area (Å²) >= 11 is 5.91. The minimum atomic E-state index is -3.53. The van der Waals surface area contributed by atoms with Crippen LogP contribution in [-0.2, 0) is 23.0 Å². The highest BCUT2D eigenvalue weighted by Crippen LogP contribution is 2.37. The molecule has 0 amide bonds. The van der Waals surface area contributed by atoms with E-state index in [2.05, 4.69) is 23.5 Å². The van der Waals surface area contributed by atoms with E-state index in [9.17, 15) is 13.5 Å². The van der Waals surface area contributed by atoms with Crippen molar-refractivity contribution in [3.05, 3.63) is 64.2 Å². The van der Waals surface area contributed by atoms with Crippen LogP contribution in [-0.4, -0.2) is 44.1 Å². The van der Waals surface area contributed by atoms with Gasteiger partial charge in [-0.2, -0.15) is 4.31 Å². The molecule has 0 heterocycles. The van der Waals surface area contributed by atoms with Gasteiger partial charge in [-0.05, 0) is 92.9 Å². The van der Waals surface area contributed by atoms with Crippen molar-refractivity contribution >= 4 is 21.6 Å². The summed E-state index contributed by atoms with van der Waals surface area (Å²) < 4.78 is 27.6. The van der Waals surface area contributed by atoms with Crippen molar-refractivity contribution in [1.29, 1.82) is 0 Å². The van der Waals surface area contributed by atoms with Gasteiger partial charge in [0, 0.05) is 24.7 Å². The Hall–Kier alpha value is -1.44. The molecule has 0 saturated heterocycles. The van der Waals surface area contributed by atoms with Crippen molar-refractivity contribution in [2.45, 2.75) is 68.5 Å². The molecular weight excluding hydrogens is 432 g/mol. The Morgan fingerprint density at radius 2 is 1.77 bits per heavy atom. The fourth-order valence-corrected chi connectivity index (χ4v) is 6.13. The van der Waals surface area contributed by atoms with Crippen LogP contribution in [0.25, 0.3) is 0 Å². The number of aliphatic hydroxyl groups is 1. The Balaban J connectivity index is 1.70. The van der Waals surface area contributed by atoms with Crippen molar-refractivity contribution in [3.63, 3.8) is 0 Å². The van der Waals surface area contributed by atoms with Crippen molar-refractivity contribution in [2.75, 3.05) is 14.1 Å². The van der Waals surface area contributed by atoms with Gasteiger partial charge in [-0.3, -0.25) is 0 Å². The zero-order valence-electron chi connectivity index (χ0n) is 18.5. The second-order valence-corrected chi connectivity index (χ2v) is 11.0. The lowest BCUT2D eigenvalue weighted by Crippen LogP contribution is -2.39. The van der Waals surface area contributed by atoms with Crippen LogP contribution in [0.4, 0.5) is 0 Å². The molecule has 2 aromatic rings. The predicted molar refractivity (Wildman–Crippen MR) is 126 cm³/mol. The van der Waals surface area contributed by atoms with Crippen LogP contribution in [0.1, 0.15) is 55.2 Å². The third-order valence-corrected chi connectivity index (χ3v) is 8.42. The van der Waals surface area contributed by atoms with Crippen molar-refractivity contribution in [1.82, 2.24) is 9.62 Å². The molecular formula is C24H33ClN2O3S. The lowest BCUT2D eigenvalue weighted by molar-refractivity contribution is 0.195. The van der Waals surface area contributed by atoms with Crippen molar-refractivity contribution < 1.29 is 13.5 Å². The molecule has 1 atom stereocenters. The molecule has 7 heteroatoms. The Labute approximate surface area is 191 Å². The molecule has 31 heavy (non-hydrogen) atoms. The molecule has 0 aromatic heterocycles. The lowest BCUT2D eigenvalue weighted by atomic mass is 9.79. The smallest absolute Gasteiger partial charge is 0.243 e. The van der Waals surface area contributed by atoms with E-state index in [-0.39, 0.29) is 17.0 Å². The Morgan fingerprint density at radius 1 is 1.13 bits per heavy atom. The maximum absolute atomic E-state index is 13.0. The van der Waals surface area contributed by atoms with Crippen LogP contribution >= 0.6 is 11.6 Å². The Kier molecular flexibility index (Phi) is 8.16. The van der Waals surface area contributed by atoms with Gasteiger partial charge < -0.3 is 10.4 Å². The minimum absolute atomic E-state index is 0.000750. The van der Waals surface area contributed by atoms with E-state index in [1.807, 2.05) is 14.0 Å². The summed E-state index contributed by atoms with van der Waals surface area (Å²) in [5.41, 5.74) is 3.75. The number of halogens is 1. The van der Waals surface area contributed by atoms with Gasteiger partial charge in [0.05, 0.1) is 11.0 Å². The summed E-state index contributed by atoms with van der Waals surface area (Å²) in [7, 11) is 0.0993. The Morgan fingerprint density at radius 3 is 2.35 bits per heavy atom. The maximum atomic E-state index is 13.0. The summed E-state index contributed by atoms with van der Waals surface area (Å²) in [5.74, 6) is 0.423. The average molecular weight is 465 g/mol. The molecule has 1 unspecified atom stereocenters. The monoisotopic (exact) mass is 464 g/mol. The third-order valence-electron chi connectivity index (χ3n) is 6.25. The molecule has 5 nitrogen and oxygen atoms in total. The van der Waals surface area contributed by atoms with Gasteiger partial charge in [0.15, 0.2) is 0 Å². The van der Waals surface area contributed by atoms with E-state index in [4.69, 9.17) is 11.6 Å². The van der Waals surface area contributed by atoms with E-state index in [1.165, 1.54) is 15.4 Å². The van der Waals surface area contributed by atoms with Gasteiger partial charge in [-0.1, -0.05) is 29.8 Å². The standard InChI is InChI=1S/C24H33ClN2O3S/c1-17(28)14-18-4-13-24(20(15-18)16-26-2)19-5-9-22(10-6-19)27(3)31(29,30)23-11-7-21(25)8-12-23/h4,7-8,11-13,15,17,19,22,26,28H,5-6,9-10,14,16H2,1-3H3/t17?,19-,22-. The number of aliphatic hydroxyl groups excluding tert-OH is 1. The van der Waals surface area contributed by atoms with Crippen LogP contribution in [0.15, 0.2) is 47.4 Å². The average Bonchev–Trinajstić information content (AvgIpc) is 2.74. The topological polar surface area (TPSA) is 69.6 Å². The summed E-state index contributed by atoms with van der Waals surface area (Å²) in [6.07, 6.45) is 3.87. The first-order valence-electron chi connectivity index (χ1n) is 10.9. The number of sulfonamides is 1. The first-order valence-corrected chi connectivity index (χ1v) is 12.7. The summed E-state index contributed by atoms with van der Waals surface area (Å²) in [5, 5.41) is 13.5. The van der Waals surface area contributed by atoms with Gasteiger partial charge in [-0.15, -0.1) is 0 Å². The summed E-state index contributed by atoms with van der Waals surface area (Å²) in [6, 6.07) is 12.9. The number of hydrogen-bond acceptors (Lipinski definition) is 4. The Bertz CT molecular complexity index is 969. The number of rotatable bonds is 8. The highest BCUT2D eigenvalue weighted by Gasteiger charge is 2.32. The number of hydrogen-bond donors (Lipinski definition) is 2. The fourth-order valence-electron chi connectivity index (χ4n) is 4.59. The van der Waals surface area contributed by atoms with Crippen LogP contribution in [0.3, 0.4) is 0 Å². The van der Waals surface area contributed by atoms with Gasteiger partial charge >= 0.3 is 0 Å². The quantitative estimate of drug-likeness (QED) is 0.610. The first-order chi connectivity index (χ1) is 14.7. The molecule has 3 rings (SSSR count). The molecule has 1 aliphatic carbocycles. The SMILES string of the molecule is CNCc1cc(CC(C)O)ccc1[C@H]1CC[C@H](N(C)S(=O)(=O)c2ccc(Cl)cc2)CC1. The molecule has 1 fully saturated rings. The number of nitrogens with one attached hydrogen (secondary N) is 1. The van der Waals surface area contributed by atoms with Crippen LogP contribution in [0.5, 0.6) is 0 Å². The van der Waals surface area contributed by atoms with Gasteiger partial charge in [0.25, 0.3) is 0 Å². The molecule has 1 aliphatic rings. The van der Waals surface area contributed by atoms with Crippen molar-refractivity contribution in [3.8, 4) is 0 Å². The van der Waals surface area contributed by atoms with E-state index in [1.54, 1.807) is 31.3 Å². The molecule has 2 N–H and O–H groups in total. The predicted octanol–water partition coefficient (Wildman–Crippen LogP) is 4.33. The van der Waals surface area contributed by atoms with Gasteiger partial charge in [0.1, 0.15) is 0 Å². The molecule has 0 spiro atoms. The maximum Gasteiger partial charge on any atom is 0.243 e. The van der Waals surface area contributed by atoms with E-state index in [0.717, 1.165) is 37.8 Å². The molecule has 0 aliphatic heterocycles. The number of nitrogens with zero attached hydrogens (tertiary/aromatic N) is 1. The van der Waals surface area contributed by atoms with Gasteiger partial charge in [-0.25, -0.2) is 8.42 Å². The first kappa shape index (κ1) is 24.2. The third kappa shape index (κ3) is 5.88. The highest BCUT2D eigenvalue weighted by atomic mass is 35.5. The fraction of sp³-hybridized carbons (Fsp3) is 0.500. The number of benzene rings is 2. The van der Waals surface area contributed by atoms with E-state index < -0.39 is 10.0 Å². The second-order valence-electron chi connectivity index (χ2n) is 8.60. The highest BCUT2D eigenvalue weighted by molar-refractivity contribution is 7.89. The van der Waals surface area contributed by atoms with Gasteiger partial charge in [0.2, 0.25) is 10.0 Å². The normalized spacial score (nSPS) is 20.7. The molecule has 0 bridgehead atoms. The molecule has 1 saturated carbocycles.